The van der Waals surface area contributed by atoms with Crippen LogP contribution >= 0.6 is 0 Å². The van der Waals surface area contributed by atoms with Gasteiger partial charge in [0.05, 0.1) is 5.54 Å². The summed E-state index contributed by atoms with van der Waals surface area (Å²) in [5, 5.41) is 0. The smallest absolute Gasteiger partial charge is 0.267 e. The van der Waals surface area contributed by atoms with Crippen molar-refractivity contribution >= 4 is 5.91 Å². The maximum atomic E-state index is 13.2. The minimum Gasteiger partial charge on any atom is -0.478 e. The van der Waals surface area contributed by atoms with Crippen LogP contribution in [0.2, 0.25) is 0 Å². The number of hydrogen-bond donors (Lipinski definition) is 0. The van der Waals surface area contributed by atoms with E-state index in [1.165, 1.54) is 24.3 Å². The lowest BCUT2D eigenvalue weighted by atomic mass is 9.69. The van der Waals surface area contributed by atoms with Gasteiger partial charge in [-0.3, -0.25) is 4.79 Å². The summed E-state index contributed by atoms with van der Waals surface area (Å²) in [5.41, 5.74) is 0.586. The maximum absolute atomic E-state index is 13.2. The van der Waals surface area contributed by atoms with E-state index in [2.05, 4.69) is 0 Å². The highest BCUT2D eigenvalue weighted by molar-refractivity contribution is 5.90. The average molecular weight is 357 g/mol. The summed E-state index contributed by atoms with van der Waals surface area (Å²) < 4.78 is 32.3. The fourth-order valence-corrected chi connectivity index (χ4v) is 4.18. The molecule has 136 valence electrons. The highest BCUT2D eigenvalue weighted by atomic mass is 19.1. The van der Waals surface area contributed by atoms with Crippen molar-refractivity contribution in [1.29, 1.82) is 0 Å². The van der Waals surface area contributed by atoms with E-state index in [4.69, 9.17) is 4.74 Å². The van der Waals surface area contributed by atoms with Crippen LogP contribution in [0.4, 0.5) is 8.78 Å². The lowest BCUT2D eigenvalue weighted by molar-refractivity contribution is -0.188. The molecule has 2 aromatic carbocycles. The molecule has 1 atom stereocenters. The second kappa shape index (κ2) is 6.71. The van der Waals surface area contributed by atoms with E-state index in [9.17, 15) is 13.6 Å². The molecular formula is C21H21F2NO2. The molecule has 3 nitrogen and oxygen atoms in total. The molecule has 1 spiro atoms. The summed E-state index contributed by atoms with van der Waals surface area (Å²) in [6, 6.07) is 12.0. The molecule has 1 saturated carbocycles. The van der Waals surface area contributed by atoms with Crippen LogP contribution in [-0.2, 0) is 11.3 Å². The monoisotopic (exact) mass is 357 g/mol. The normalized spacial score (nSPS) is 21.5. The van der Waals surface area contributed by atoms with E-state index in [0.717, 1.165) is 37.7 Å². The van der Waals surface area contributed by atoms with E-state index < -0.39 is 6.10 Å². The van der Waals surface area contributed by atoms with E-state index in [0.29, 0.717) is 12.3 Å². The van der Waals surface area contributed by atoms with Crippen molar-refractivity contribution < 1.29 is 18.3 Å². The zero-order valence-electron chi connectivity index (χ0n) is 14.5. The van der Waals surface area contributed by atoms with E-state index in [-0.39, 0.29) is 23.1 Å². The Kier molecular flexibility index (Phi) is 4.39. The Balaban J connectivity index is 1.56. The summed E-state index contributed by atoms with van der Waals surface area (Å²) in [7, 11) is 0. The minimum atomic E-state index is -0.534. The fourth-order valence-electron chi connectivity index (χ4n) is 4.18. The number of likely N-dealkylation sites (tertiary alicyclic amines) is 1. The summed E-state index contributed by atoms with van der Waals surface area (Å²) in [6.07, 6.45) is 4.52. The molecule has 0 N–H and O–H groups in total. The first-order valence-electron chi connectivity index (χ1n) is 9.07. The standard InChI is InChI=1S/C21H21F2NO2/c22-16-6-4-15(5-7-16)14-24-20(25)19(21(24)12-2-1-3-13-21)26-18-10-8-17(23)9-11-18/h4-11,19H,1-3,12-14H2. The molecule has 0 bridgehead atoms. The van der Waals surface area contributed by atoms with Crippen molar-refractivity contribution in [2.75, 3.05) is 0 Å². The highest BCUT2D eigenvalue weighted by Gasteiger charge is 2.61. The molecule has 5 heteroatoms. The number of nitrogens with zero attached hydrogens (tertiary/aromatic N) is 1. The molecule has 2 fully saturated rings. The summed E-state index contributed by atoms with van der Waals surface area (Å²) >= 11 is 0. The predicted molar refractivity (Wildman–Crippen MR) is 93.6 cm³/mol. The Bertz CT molecular complexity index is 723. The third-order valence-corrected chi connectivity index (χ3v) is 5.56. The van der Waals surface area contributed by atoms with Crippen LogP contribution in [0.1, 0.15) is 37.7 Å². The molecule has 1 aliphatic heterocycles. The van der Waals surface area contributed by atoms with Gasteiger partial charge in [0.1, 0.15) is 17.4 Å². The molecule has 1 amide bonds. The van der Waals surface area contributed by atoms with E-state index in [1.54, 1.807) is 24.3 Å². The number of carbonyl (C=O) groups excluding carboxylic acids is 1. The van der Waals surface area contributed by atoms with Crippen LogP contribution < -0.4 is 4.74 Å². The quantitative estimate of drug-likeness (QED) is 0.756. The number of halogens is 2. The zero-order chi connectivity index (χ0) is 18.1. The Labute approximate surface area is 151 Å². The topological polar surface area (TPSA) is 29.5 Å². The van der Waals surface area contributed by atoms with E-state index >= 15 is 0 Å². The van der Waals surface area contributed by atoms with Gasteiger partial charge in [-0.15, -0.1) is 0 Å². The van der Waals surface area contributed by atoms with Crippen molar-refractivity contribution in [3.63, 3.8) is 0 Å². The number of ether oxygens (including phenoxy) is 1. The van der Waals surface area contributed by atoms with Crippen LogP contribution in [0.25, 0.3) is 0 Å². The van der Waals surface area contributed by atoms with Crippen molar-refractivity contribution in [3.8, 4) is 5.75 Å². The second-order valence-corrected chi connectivity index (χ2v) is 7.17. The Hall–Kier alpha value is -2.43. The number of hydrogen-bond acceptors (Lipinski definition) is 2. The van der Waals surface area contributed by atoms with Crippen LogP contribution in [0.5, 0.6) is 5.75 Å². The number of rotatable bonds is 4. The minimum absolute atomic E-state index is 0.0550. The van der Waals surface area contributed by atoms with Crippen molar-refractivity contribution in [3.05, 3.63) is 65.7 Å². The predicted octanol–water partition coefficient (Wildman–Crippen LogP) is 4.46. The molecule has 1 heterocycles. The lowest BCUT2D eigenvalue weighted by Crippen LogP contribution is -2.76. The van der Waals surface area contributed by atoms with Gasteiger partial charge in [-0.2, -0.15) is 0 Å². The molecule has 1 saturated heterocycles. The van der Waals surface area contributed by atoms with Crippen LogP contribution in [0, 0.1) is 11.6 Å². The molecule has 1 aliphatic carbocycles. The second-order valence-electron chi connectivity index (χ2n) is 7.17. The Morgan fingerprint density at radius 1 is 0.923 bits per heavy atom. The number of amides is 1. The van der Waals surface area contributed by atoms with Gasteiger partial charge in [-0.1, -0.05) is 31.4 Å². The van der Waals surface area contributed by atoms with Gasteiger partial charge in [0.15, 0.2) is 6.10 Å². The molecule has 26 heavy (non-hydrogen) atoms. The summed E-state index contributed by atoms with van der Waals surface area (Å²) in [6.45, 7) is 0.461. The Morgan fingerprint density at radius 3 is 2.12 bits per heavy atom. The van der Waals surface area contributed by atoms with Gasteiger partial charge in [-0.25, -0.2) is 8.78 Å². The Morgan fingerprint density at radius 2 is 1.50 bits per heavy atom. The maximum Gasteiger partial charge on any atom is 0.267 e. The van der Waals surface area contributed by atoms with Gasteiger partial charge >= 0.3 is 0 Å². The van der Waals surface area contributed by atoms with Crippen LogP contribution in [0.15, 0.2) is 48.5 Å². The summed E-state index contributed by atoms with van der Waals surface area (Å²) in [5.74, 6) is -0.159. The number of benzene rings is 2. The molecule has 1 unspecified atom stereocenters. The molecule has 4 rings (SSSR count). The zero-order valence-corrected chi connectivity index (χ0v) is 14.5. The summed E-state index contributed by atoms with van der Waals surface area (Å²) in [4.78, 5) is 14.7. The van der Waals surface area contributed by atoms with Crippen LogP contribution in [-0.4, -0.2) is 22.4 Å². The first kappa shape index (κ1) is 17.0. The molecular weight excluding hydrogens is 336 g/mol. The van der Waals surface area contributed by atoms with Gasteiger partial charge in [0.25, 0.3) is 5.91 Å². The largest absolute Gasteiger partial charge is 0.478 e. The SMILES string of the molecule is O=C1C(Oc2ccc(F)cc2)C2(CCCCC2)N1Cc1ccc(F)cc1. The van der Waals surface area contributed by atoms with Crippen LogP contribution in [0.3, 0.4) is 0 Å². The highest BCUT2D eigenvalue weighted by Crippen LogP contribution is 2.46. The van der Waals surface area contributed by atoms with E-state index in [1.807, 2.05) is 4.90 Å². The number of β-lactam (4-membered cyclic amide) rings is 1. The third-order valence-electron chi connectivity index (χ3n) is 5.56. The van der Waals surface area contributed by atoms with Gasteiger partial charge in [0.2, 0.25) is 0 Å². The first-order valence-corrected chi connectivity index (χ1v) is 9.07. The first-order chi connectivity index (χ1) is 12.6. The third kappa shape index (κ3) is 2.96. The molecule has 2 aliphatic rings. The average Bonchev–Trinajstić information content (AvgIpc) is 2.67. The molecule has 0 radical (unpaired) electrons. The fraction of sp³-hybridized carbons (Fsp3) is 0.381. The van der Waals surface area contributed by atoms with Gasteiger partial charge < -0.3 is 9.64 Å². The van der Waals surface area contributed by atoms with Crippen molar-refractivity contribution in [1.82, 2.24) is 4.90 Å². The lowest BCUT2D eigenvalue weighted by Gasteiger charge is -2.58. The number of carbonyl (C=O) groups is 1. The van der Waals surface area contributed by atoms with Crippen molar-refractivity contribution in [2.45, 2.75) is 50.3 Å². The van der Waals surface area contributed by atoms with Gasteiger partial charge in [0, 0.05) is 6.54 Å². The van der Waals surface area contributed by atoms with Crippen molar-refractivity contribution in [2.24, 2.45) is 0 Å². The molecule has 0 aromatic heterocycles. The molecule has 2 aromatic rings. The van der Waals surface area contributed by atoms with Gasteiger partial charge in [-0.05, 0) is 54.8 Å².